The number of carbonyl (C=O) groups excluding carboxylic acids is 2. The first kappa shape index (κ1) is 22.3. The zero-order valence-corrected chi connectivity index (χ0v) is 20.7. The van der Waals surface area contributed by atoms with Gasteiger partial charge in [-0.1, -0.05) is 32.8 Å². The smallest absolute Gasteiger partial charge is 0.361 e. The lowest BCUT2D eigenvalue weighted by Crippen LogP contribution is -2.16. The average molecular weight is 531 g/mol. The van der Waals surface area contributed by atoms with Gasteiger partial charge in [-0.15, -0.1) is 0 Å². The maximum Gasteiger partial charge on any atom is 0.361 e. The molecule has 0 atom stereocenters. The SMILES string of the molecule is CCOC(=O)c1noc(C2CC2)c1C(=O)c1ccc(Br)cc1Cn1nc(C2CC2)nc1SC. The lowest BCUT2D eigenvalue weighted by atomic mass is 9.95. The predicted octanol–water partition coefficient (Wildman–Crippen LogP) is 4.96. The molecule has 0 amide bonds. The van der Waals surface area contributed by atoms with Crippen molar-refractivity contribution < 1.29 is 18.8 Å². The van der Waals surface area contributed by atoms with E-state index in [0.29, 0.717) is 23.8 Å². The second-order valence-corrected chi connectivity index (χ2v) is 9.97. The van der Waals surface area contributed by atoms with E-state index in [9.17, 15) is 9.59 Å². The highest BCUT2D eigenvalue weighted by atomic mass is 79.9. The number of esters is 1. The molecular formula is C23H23BrN4O4S. The van der Waals surface area contributed by atoms with Crippen LogP contribution in [0.1, 0.15) is 88.0 Å². The first-order valence-corrected chi connectivity index (χ1v) is 13.0. The average Bonchev–Trinajstić information content (AvgIpc) is 3.74. The molecule has 172 valence electrons. The molecule has 0 unspecified atom stereocenters. The number of benzene rings is 1. The zero-order chi connectivity index (χ0) is 23.1. The van der Waals surface area contributed by atoms with Gasteiger partial charge >= 0.3 is 5.97 Å². The summed E-state index contributed by atoms with van der Waals surface area (Å²) in [5.41, 5.74) is 1.40. The van der Waals surface area contributed by atoms with Gasteiger partial charge in [-0.2, -0.15) is 5.10 Å². The van der Waals surface area contributed by atoms with Gasteiger partial charge < -0.3 is 9.26 Å². The van der Waals surface area contributed by atoms with Crippen LogP contribution >= 0.6 is 27.7 Å². The van der Waals surface area contributed by atoms with E-state index in [-0.39, 0.29) is 29.6 Å². The number of hydrogen-bond acceptors (Lipinski definition) is 8. The van der Waals surface area contributed by atoms with E-state index < -0.39 is 5.97 Å². The van der Waals surface area contributed by atoms with Crippen molar-refractivity contribution in [2.24, 2.45) is 0 Å². The van der Waals surface area contributed by atoms with Crippen LogP contribution in [0.3, 0.4) is 0 Å². The molecule has 3 aromatic rings. The molecule has 2 aliphatic carbocycles. The highest BCUT2D eigenvalue weighted by molar-refractivity contribution is 9.10. The van der Waals surface area contributed by atoms with Crippen molar-refractivity contribution in [3.8, 4) is 0 Å². The summed E-state index contributed by atoms with van der Waals surface area (Å²) in [4.78, 5) is 31.0. The summed E-state index contributed by atoms with van der Waals surface area (Å²) in [5.74, 6) is 0.937. The monoisotopic (exact) mass is 530 g/mol. The van der Waals surface area contributed by atoms with Gasteiger partial charge in [0.1, 0.15) is 5.56 Å². The minimum Gasteiger partial charge on any atom is -0.461 e. The molecule has 10 heteroatoms. The van der Waals surface area contributed by atoms with Crippen LogP contribution in [0.15, 0.2) is 32.4 Å². The molecule has 2 aliphatic rings. The van der Waals surface area contributed by atoms with Crippen molar-refractivity contribution in [1.82, 2.24) is 19.9 Å². The Morgan fingerprint density at radius 3 is 2.67 bits per heavy atom. The molecule has 0 saturated heterocycles. The molecular weight excluding hydrogens is 508 g/mol. The fraction of sp³-hybridized carbons (Fsp3) is 0.435. The Balaban J connectivity index is 1.54. The number of ether oxygens (including phenoxy) is 1. The number of ketones is 1. The van der Waals surface area contributed by atoms with Gasteiger partial charge in [-0.25, -0.2) is 14.5 Å². The van der Waals surface area contributed by atoms with Gasteiger partial charge in [0, 0.05) is 21.9 Å². The fourth-order valence-corrected chi connectivity index (χ4v) is 4.72. The molecule has 0 spiro atoms. The number of hydrogen-bond donors (Lipinski definition) is 0. The largest absolute Gasteiger partial charge is 0.461 e. The normalized spacial score (nSPS) is 15.6. The first-order valence-electron chi connectivity index (χ1n) is 11.0. The quantitative estimate of drug-likeness (QED) is 0.217. The number of thioether (sulfide) groups is 1. The van der Waals surface area contributed by atoms with Gasteiger partial charge in [0.2, 0.25) is 5.69 Å². The lowest BCUT2D eigenvalue weighted by molar-refractivity contribution is 0.0512. The van der Waals surface area contributed by atoms with Crippen molar-refractivity contribution in [3.63, 3.8) is 0 Å². The Morgan fingerprint density at radius 1 is 1.24 bits per heavy atom. The van der Waals surface area contributed by atoms with Gasteiger partial charge in [-0.3, -0.25) is 4.79 Å². The third-order valence-electron chi connectivity index (χ3n) is 5.77. The van der Waals surface area contributed by atoms with Crippen LogP contribution in [-0.4, -0.2) is 44.5 Å². The van der Waals surface area contributed by atoms with Gasteiger partial charge in [-0.05, 0) is 62.6 Å². The molecule has 8 nitrogen and oxygen atoms in total. The summed E-state index contributed by atoms with van der Waals surface area (Å²) >= 11 is 5.05. The van der Waals surface area contributed by atoms with Crippen LogP contribution in [0.2, 0.25) is 0 Å². The first-order chi connectivity index (χ1) is 16.0. The van der Waals surface area contributed by atoms with Gasteiger partial charge in [0.15, 0.2) is 22.5 Å². The Bertz CT molecular complexity index is 1230. The van der Waals surface area contributed by atoms with Crippen molar-refractivity contribution >= 4 is 39.4 Å². The van der Waals surface area contributed by atoms with Crippen LogP contribution in [0.25, 0.3) is 0 Å². The molecule has 2 aromatic heterocycles. The molecule has 1 aromatic carbocycles. The molecule has 5 rings (SSSR count). The van der Waals surface area contributed by atoms with Crippen molar-refractivity contribution in [2.75, 3.05) is 12.9 Å². The number of halogens is 1. The predicted molar refractivity (Wildman–Crippen MR) is 125 cm³/mol. The lowest BCUT2D eigenvalue weighted by Gasteiger charge is -2.11. The Labute approximate surface area is 203 Å². The summed E-state index contributed by atoms with van der Waals surface area (Å²) < 4.78 is 13.3. The van der Waals surface area contributed by atoms with Crippen molar-refractivity contribution in [3.05, 3.63) is 56.6 Å². The molecule has 2 fully saturated rings. The highest BCUT2D eigenvalue weighted by Crippen LogP contribution is 2.43. The molecule has 0 N–H and O–H groups in total. The van der Waals surface area contributed by atoms with Crippen molar-refractivity contribution in [2.45, 2.75) is 56.1 Å². The number of rotatable bonds is 9. The van der Waals surface area contributed by atoms with Crippen LogP contribution < -0.4 is 0 Å². The minimum absolute atomic E-state index is 0.0563. The molecule has 2 heterocycles. The molecule has 0 radical (unpaired) electrons. The summed E-state index contributed by atoms with van der Waals surface area (Å²) in [6.45, 7) is 2.29. The fourth-order valence-electron chi connectivity index (χ4n) is 3.81. The van der Waals surface area contributed by atoms with Gasteiger partial charge in [0.25, 0.3) is 0 Å². The topological polar surface area (TPSA) is 100 Å². The Morgan fingerprint density at radius 2 is 2.00 bits per heavy atom. The second-order valence-electron chi connectivity index (χ2n) is 8.28. The number of aromatic nitrogens is 4. The maximum atomic E-state index is 13.8. The Kier molecular flexibility index (Phi) is 6.13. The molecule has 2 saturated carbocycles. The summed E-state index contributed by atoms with van der Waals surface area (Å²) in [5, 5.41) is 9.44. The third kappa shape index (κ3) is 4.50. The summed E-state index contributed by atoms with van der Waals surface area (Å²) in [6, 6.07) is 5.49. The van der Waals surface area contributed by atoms with E-state index in [1.807, 2.05) is 23.1 Å². The van der Waals surface area contributed by atoms with E-state index in [1.54, 1.807) is 13.0 Å². The number of nitrogens with zero attached hydrogens (tertiary/aromatic N) is 4. The van der Waals surface area contributed by atoms with Crippen LogP contribution in [0, 0.1) is 0 Å². The summed E-state index contributed by atoms with van der Waals surface area (Å²) in [6.07, 6.45) is 6.02. The minimum atomic E-state index is -0.648. The van der Waals surface area contributed by atoms with E-state index >= 15 is 0 Å². The standard InChI is InChI=1S/C23H23BrN4O4S/c1-3-31-22(30)18-17(20(32-27-18)12-4-5-12)19(29)16-9-8-15(24)10-14(16)11-28-23(33-2)25-21(26-28)13-6-7-13/h8-10,12-13H,3-7,11H2,1-2H3. The van der Waals surface area contributed by atoms with E-state index in [4.69, 9.17) is 14.4 Å². The highest BCUT2D eigenvalue weighted by Gasteiger charge is 2.38. The van der Waals surface area contributed by atoms with E-state index in [1.165, 1.54) is 11.8 Å². The van der Waals surface area contributed by atoms with Crippen molar-refractivity contribution in [1.29, 1.82) is 0 Å². The maximum absolute atomic E-state index is 13.8. The van der Waals surface area contributed by atoms with Gasteiger partial charge in [0.05, 0.1) is 13.2 Å². The van der Waals surface area contributed by atoms with Crippen LogP contribution in [0.4, 0.5) is 0 Å². The number of carbonyl (C=O) groups is 2. The van der Waals surface area contributed by atoms with E-state index in [2.05, 4.69) is 26.1 Å². The third-order valence-corrected chi connectivity index (χ3v) is 6.93. The van der Waals surface area contributed by atoms with Crippen LogP contribution in [0.5, 0.6) is 0 Å². The Hall–Kier alpha value is -2.46. The second kappa shape index (κ2) is 9.06. The zero-order valence-electron chi connectivity index (χ0n) is 18.3. The summed E-state index contributed by atoms with van der Waals surface area (Å²) in [7, 11) is 0. The van der Waals surface area contributed by atoms with E-state index in [0.717, 1.165) is 46.7 Å². The van der Waals surface area contributed by atoms with Crippen LogP contribution in [-0.2, 0) is 11.3 Å². The molecule has 0 aliphatic heterocycles. The molecule has 33 heavy (non-hydrogen) atoms. The molecule has 0 bridgehead atoms.